The van der Waals surface area contributed by atoms with E-state index in [-0.39, 0.29) is 23.7 Å². The maximum Gasteiger partial charge on any atom is 0.416 e. The number of hydrogen-bond donors (Lipinski definition) is 1. The SMILES string of the molecule is C[C@@H]1C[C@H](c2nnc(-c3ccc(C(F)(F)F)cc3O)c3cccnc23)C[C@H](C)O1. The normalized spacial score (nSPS) is 22.7. The molecule has 1 aliphatic heterocycles. The zero-order valence-electron chi connectivity index (χ0n) is 15.9. The van der Waals surface area contributed by atoms with Gasteiger partial charge in [0.25, 0.3) is 0 Å². The molecule has 0 radical (unpaired) electrons. The minimum atomic E-state index is -4.54. The van der Waals surface area contributed by atoms with Crippen LogP contribution in [0.5, 0.6) is 5.75 Å². The minimum absolute atomic E-state index is 0.0861. The Labute approximate surface area is 165 Å². The van der Waals surface area contributed by atoms with Crippen molar-refractivity contribution in [2.75, 3.05) is 0 Å². The number of rotatable bonds is 2. The maximum atomic E-state index is 12.9. The van der Waals surface area contributed by atoms with Gasteiger partial charge in [0.05, 0.1) is 29.0 Å². The lowest BCUT2D eigenvalue weighted by Gasteiger charge is -2.31. The molecule has 0 saturated carbocycles. The van der Waals surface area contributed by atoms with E-state index in [4.69, 9.17) is 4.74 Å². The van der Waals surface area contributed by atoms with Crippen LogP contribution in [0.3, 0.4) is 0 Å². The fourth-order valence-electron chi connectivity index (χ4n) is 4.02. The molecule has 29 heavy (non-hydrogen) atoms. The predicted octanol–water partition coefficient (Wildman–Crippen LogP) is 5.09. The lowest BCUT2D eigenvalue weighted by atomic mass is 9.88. The first-order chi connectivity index (χ1) is 13.7. The van der Waals surface area contributed by atoms with E-state index in [1.807, 2.05) is 13.8 Å². The summed E-state index contributed by atoms with van der Waals surface area (Å²) in [6.07, 6.45) is -1.14. The van der Waals surface area contributed by atoms with Crippen molar-refractivity contribution in [2.24, 2.45) is 0 Å². The average molecular weight is 403 g/mol. The van der Waals surface area contributed by atoms with Gasteiger partial charge >= 0.3 is 6.18 Å². The lowest BCUT2D eigenvalue weighted by Crippen LogP contribution is -2.28. The quantitative estimate of drug-likeness (QED) is 0.646. The molecule has 1 aliphatic rings. The van der Waals surface area contributed by atoms with E-state index in [1.165, 1.54) is 6.07 Å². The topological polar surface area (TPSA) is 68.1 Å². The van der Waals surface area contributed by atoms with Crippen molar-refractivity contribution >= 4 is 10.9 Å². The van der Waals surface area contributed by atoms with E-state index in [1.54, 1.807) is 18.3 Å². The van der Waals surface area contributed by atoms with Crippen LogP contribution in [-0.2, 0) is 10.9 Å². The number of fused-ring (bicyclic) bond motifs is 1. The summed E-state index contributed by atoms with van der Waals surface area (Å²) in [6, 6.07) is 6.36. The Morgan fingerprint density at radius 1 is 1.07 bits per heavy atom. The molecule has 8 heteroatoms. The number of aromatic hydroxyl groups is 1. The van der Waals surface area contributed by atoms with Crippen molar-refractivity contribution in [3.63, 3.8) is 0 Å². The molecule has 0 unspecified atom stereocenters. The standard InChI is InChI=1S/C21H20F3N3O2/c1-11-8-13(9-12(2)29-11)18-20-16(4-3-7-25-20)19(27-26-18)15-6-5-14(10-17(15)28)21(22,23)24/h3-7,10-13,28H,8-9H2,1-2H3/t11-,12+,13+. The third-order valence-corrected chi connectivity index (χ3v) is 5.23. The fourth-order valence-corrected chi connectivity index (χ4v) is 4.02. The van der Waals surface area contributed by atoms with Crippen LogP contribution in [0, 0.1) is 0 Å². The molecule has 1 fully saturated rings. The first kappa shape index (κ1) is 19.6. The first-order valence-electron chi connectivity index (χ1n) is 9.41. The number of halogens is 3. The van der Waals surface area contributed by atoms with Crippen LogP contribution in [0.2, 0.25) is 0 Å². The Kier molecular flexibility index (Phi) is 4.90. The van der Waals surface area contributed by atoms with Gasteiger partial charge in [0, 0.05) is 23.1 Å². The molecule has 4 rings (SSSR count). The summed E-state index contributed by atoms with van der Waals surface area (Å²) >= 11 is 0. The van der Waals surface area contributed by atoms with E-state index in [2.05, 4.69) is 15.2 Å². The summed E-state index contributed by atoms with van der Waals surface area (Å²) in [6.45, 7) is 4.03. The Balaban J connectivity index is 1.82. The van der Waals surface area contributed by atoms with Crippen LogP contribution in [-0.4, -0.2) is 32.5 Å². The second kappa shape index (κ2) is 7.26. The maximum absolute atomic E-state index is 12.9. The molecule has 3 heterocycles. The molecule has 0 amide bonds. The first-order valence-corrected chi connectivity index (χ1v) is 9.41. The molecule has 2 aromatic heterocycles. The van der Waals surface area contributed by atoms with Crippen molar-refractivity contribution in [1.29, 1.82) is 0 Å². The molecule has 0 spiro atoms. The van der Waals surface area contributed by atoms with Gasteiger partial charge in [-0.2, -0.15) is 18.3 Å². The molecule has 1 saturated heterocycles. The van der Waals surface area contributed by atoms with Gasteiger partial charge in [0.2, 0.25) is 0 Å². The summed E-state index contributed by atoms with van der Waals surface area (Å²) in [5.74, 6) is -0.380. The molecule has 3 atom stereocenters. The van der Waals surface area contributed by atoms with Crippen LogP contribution in [0.1, 0.15) is 43.9 Å². The Morgan fingerprint density at radius 2 is 1.79 bits per heavy atom. The summed E-state index contributed by atoms with van der Waals surface area (Å²) in [4.78, 5) is 4.47. The molecule has 0 bridgehead atoms. The zero-order valence-corrected chi connectivity index (χ0v) is 15.9. The van der Waals surface area contributed by atoms with Crippen LogP contribution in [0.4, 0.5) is 13.2 Å². The van der Waals surface area contributed by atoms with Crippen molar-refractivity contribution in [3.05, 3.63) is 47.8 Å². The van der Waals surface area contributed by atoms with Crippen molar-refractivity contribution < 1.29 is 23.0 Å². The number of pyridine rings is 1. The summed E-state index contributed by atoms with van der Waals surface area (Å²) in [5, 5.41) is 19.6. The van der Waals surface area contributed by atoms with Crippen LogP contribution < -0.4 is 0 Å². The lowest BCUT2D eigenvalue weighted by molar-refractivity contribution is -0.137. The van der Waals surface area contributed by atoms with Gasteiger partial charge < -0.3 is 9.84 Å². The number of hydrogen-bond acceptors (Lipinski definition) is 5. The largest absolute Gasteiger partial charge is 0.507 e. The van der Waals surface area contributed by atoms with Gasteiger partial charge in [-0.3, -0.25) is 4.98 Å². The molecule has 5 nitrogen and oxygen atoms in total. The monoisotopic (exact) mass is 403 g/mol. The second-order valence-electron chi connectivity index (χ2n) is 7.49. The highest BCUT2D eigenvalue weighted by Gasteiger charge is 2.32. The van der Waals surface area contributed by atoms with E-state index in [0.29, 0.717) is 22.7 Å². The Morgan fingerprint density at radius 3 is 2.45 bits per heavy atom. The Bertz CT molecular complexity index is 1050. The zero-order chi connectivity index (χ0) is 20.8. The molecular formula is C21H20F3N3O2. The van der Waals surface area contributed by atoms with Gasteiger partial charge in [-0.15, -0.1) is 5.10 Å². The smallest absolute Gasteiger partial charge is 0.416 e. The van der Waals surface area contributed by atoms with Gasteiger partial charge in [-0.05, 0) is 57.0 Å². The number of nitrogens with zero attached hydrogens (tertiary/aromatic N) is 3. The predicted molar refractivity (Wildman–Crippen MR) is 101 cm³/mol. The van der Waals surface area contributed by atoms with E-state index < -0.39 is 17.5 Å². The van der Waals surface area contributed by atoms with E-state index in [0.717, 1.165) is 24.6 Å². The van der Waals surface area contributed by atoms with Crippen molar-refractivity contribution in [1.82, 2.24) is 15.2 Å². The van der Waals surface area contributed by atoms with Gasteiger partial charge in [-0.1, -0.05) is 0 Å². The molecule has 0 aliphatic carbocycles. The highest BCUT2D eigenvalue weighted by molar-refractivity contribution is 5.94. The fraction of sp³-hybridized carbons (Fsp3) is 0.381. The summed E-state index contributed by atoms with van der Waals surface area (Å²) in [5.41, 5.74) is 0.955. The molecular weight excluding hydrogens is 383 g/mol. The molecule has 152 valence electrons. The van der Waals surface area contributed by atoms with Crippen molar-refractivity contribution in [3.8, 4) is 17.0 Å². The van der Waals surface area contributed by atoms with Gasteiger partial charge in [0.15, 0.2) is 0 Å². The molecule has 3 aromatic rings. The van der Waals surface area contributed by atoms with Crippen molar-refractivity contribution in [2.45, 2.75) is 51.0 Å². The average Bonchev–Trinajstić information content (AvgIpc) is 2.66. The van der Waals surface area contributed by atoms with Gasteiger partial charge in [-0.25, -0.2) is 0 Å². The van der Waals surface area contributed by atoms with Crippen LogP contribution in [0.25, 0.3) is 22.2 Å². The van der Waals surface area contributed by atoms with Gasteiger partial charge in [0.1, 0.15) is 11.4 Å². The van der Waals surface area contributed by atoms with Crippen LogP contribution in [0.15, 0.2) is 36.5 Å². The molecule has 1 aromatic carbocycles. The molecule has 1 N–H and O–H groups in total. The third-order valence-electron chi connectivity index (χ3n) is 5.23. The second-order valence-corrected chi connectivity index (χ2v) is 7.49. The highest BCUT2D eigenvalue weighted by atomic mass is 19.4. The summed E-state index contributed by atoms with van der Waals surface area (Å²) in [7, 11) is 0. The number of benzene rings is 1. The summed E-state index contributed by atoms with van der Waals surface area (Å²) < 4.78 is 44.6. The van der Waals surface area contributed by atoms with E-state index >= 15 is 0 Å². The number of phenols is 1. The number of phenolic OH excluding ortho intramolecular Hbond substituents is 1. The highest BCUT2D eigenvalue weighted by Crippen LogP contribution is 2.40. The van der Waals surface area contributed by atoms with E-state index in [9.17, 15) is 18.3 Å². The third kappa shape index (κ3) is 3.76. The number of aromatic nitrogens is 3. The Hall–Kier alpha value is -2.74. The number of ether oxygens (including phenoxy) is 1. The van der Waals surface area contributed by atoms with Crippen LogP contribution >= 0.6 is 0 Å². The minimum Gasteiger partial charge on any atom is -0.507 e. The number of alkyl halides is 3.